The molecule has 3 aromatic rings. The smallest absolute Gasteiger partial charge is 0.227 e. The Labute approximate surface area is 238 Å². The van der Waals surface area contributed by atoms with E-state index in [1.807, 2.05) is 22.9 Å². The monoisotopic (exact) mass is 622 g/mol. The molecule has 1 aliphatic carbocycles. The quantitative estimate of drug-likeness (QED) is 0.261. The van der Waals surface area contributed by atoms with Gasteiger partial charge in [0.05, 0.1) is 21.6 Å². The molecule has 1 atom stereocenters. The molecule has 5 rings (SSSR count). The number of nitrogens with one attached hydrogen (secondary N) is 1. The molecule has 11 heteroatoms. The van der Waals surface area contributed by atoms with Crippen LogP contribution in [-0.4, -0.2) is 33.4 Å². The van der Waals surface area contributed by atoms with E-state index in [2.05, 4.69) is 28.2 Å². The van der Waals surface area contributed by atoms with Crippen molar-refractivity contribution in [1.82, 2.24) is 14.8 Å². The summed E-state index contributed by atoms with van der Waals surface area (Å²) in [4.78, 5) is 17.9. The summed E-state index contributed by atoms with van der Waals surface area (Å²) in [6.07, 6.45) is 3.15. The van der Waals surface area contributed by atoms with E-state index in [0.717, 1.165) is 47.4 Å². The first-order valence-corrected chi connectivity index (χ1v) is 14.5. The van der Waals surface area contributed by atoms with E-state index in [0.29, 0.717) is 43.5 Å². The molecule has 0 fully saturated rings. The number of nitrogens with zero attached hydrogens (tertiary/aromatic N) is 3. The first-order chi connectivity index (χ1) is 17.9. The molecule has 0 spiro atoms. The van der Waals surface area contributed by atoms with E-state index >= 15 is 0 Å². The Kier molecular flexibility index (Phi) is 8.04. The van der Waals surface area contributed by atoms with Crippen molar-refractivity contribution in [2.24, 2.45) is 0 Å². The highest BCUT2D eigenvalue weighted by atomic mass is 79.9. The molecule has 0 amide bonds. The van der Waals surface area contributed by atoms with Crippen LogP contribution in [0.3, 0.4) is 0 Å². The molecule has 1 unspecified atom stereocenters. The number of allylic oxidation sites excluding steroid dienone is 2. The summed E-state index contributed by atoms with van der Waals surface area (Å²) in [5.74, 6) is 2.78. The number of fused-ring (bicyclic) bond motifs is 1. The minimum atomic E-state index is -0.420. The molecule has 2 heterocycles. The van der Waals surface area contributed by atoms with Gasteiger partial charge in [-0.3, -0.25) is 4.79 Å². The minimum absolute atomic E-state index is 0.123. The fraction of sp³-hybridized carbons (Fsp3) is 0.346. The fourth-order valence-electron chi connectivity index (χ4n) is 4.52. The summed E-state index contributed by atoms with van der Waals surface area (Å²) in [6.45, 7) is 2.40. The Hall–Kier alpha value is -2.20. The molecule has 2 aromatic carbocycles. The number of halogens is 3. The predicted molar refractivity (Wildman–Crippen MR) is 150 cm³/mol. The van der Waals surface area contributed by atoms with Crippen molar-refractivity contribution in [1.29, 1.82) is 0 Å². The largest absolute Gasteiger partial charge is 0.493 e. The lowest BCUT2D eigenvalue weighted by Crippen LogP contribution is -2.31. The van der Waals surface area contributed by atoms with Gasteiger partial charge in [0.2, 0.25) is 11.1 Å². The van der Waals surface area contributed by atoms with Crippen molar-refractivity contribution < 1.29 is 14.3 Å². The van der Waals surface area contributed by atoms with Crippen LogP contribution >= 0.6 is 50.9 Å². The average Bonchev–Trinajstić information content (AvgIpc) is 3.29. The molecule has 0 radical (unpaired) electrons. The summed E-state index contributed by atoms with van der Waals surface area (Å²) in [5.41, 5.74) is 3.38. The van der Waals surface area contributed by atoms with Crippen LogP contribution in [0.1, 0.15) is 49.8 Å². The molecule has 1 aromatic heterocycles. The molecule has 2 aliphatic rings. The molecule has 0 saturated carbocycles. The molecule has 194 valence electrons. The summed E-state index contributed by atoms with van der Waals surface area (Å²) >= 11 is 17.5. The Morgan fingerprint density at radius 1 is 1.22 bits per heavy atom. The molecule has 1 N–H and O–H groups in total. The molecule has 0 bridgehead atoms. The zero-order chi connectivity index (χ0) is 26.1. The number of hydrogen-bond donors (Lipinski definition) is 1. The summed E-state index contributed by atoms with van der Waals surface area (Å²) < 4.78 is 14.4. The second-order valence-electron chi connectivity index (χ2n) is 8.78. The maximum atomic E-state index is 13.2. The Morgan fingerprint density at radius 2 is 2.05 bits per heavy atom. The van der Waals surface area contributed by atoms with Gasteiger partial charge < -0.3 is 14.8 Å². The number of methoxy groups -OCH3 is 1. The van der Waals surface area contributed by atoms with Crippen LogP contribution in [0, 0.1) is 0 Å². The number of carbonyl (C=O) groups excluding carboxylic acids is 1. The minimum Gasteiger partial charge on any atom is -0.493 e. The highest BCUT2D eigenvalue weighted by Gasteiger charge is 2.37. The number of carbonyl (C=O) groups is 1. The summed E-state index contributed by atoms with van der Waals surface area (Å²) in [5, 5.41) is 9.80. The molecule has 1 aliphatic heterocycles. The zero-order valence-corrected chi connectivity index (χ0v) is 24.2. The number of ketones is 1. The van der Waals surface area contributed by atoms with Gasteiger partial charge in [-0.25, -0.2) is 4.68 Å². The number of anilines is 1. The van der Waals surface area contributed by atoms with Gasteiger partial charge in [-0.2, -0.15) is 4.98 Å². The SMILES string of the molecule is CCCSc1nc2n(n1)C(c1cc(Br)c(OCc3ccc(Cl)c(Cl)c3)c(OC)c1)C1=C(CCCC1=O)N2. The van der Waals surface area contributed by atoms with E-state index in [9.17, 15) is 4.79 Å². The van der Waals surface area contributed by atoms with Crippen molar-refractivity contribution in [2.45, 2.75) is 50.4 Å². The van der Waals surface area contributed by atoms with Crippen LogP contribution in [-0.2, 0) is 11.4 Å². The van der Waals surface area contributed by atoms with E-state index in [4.69, 9.17) is 42.8 Å². The van der Waals surface area contributed by atoms with Crippen molar-refractivity contribution >= 4 is 62.6 Å². The lowest BCUT2D eigenvalue weighted by atomic mass is 9.85. The van der Waals surface area contributed by atoms with Crippen LogP contribution in [0.4, 0.5) is 5.95 Å². The highest BCUT2D eigenvalue weighted by Crippen LogP contribution is 2.45. The van der Waals surface area contributed by atoms with Crippen LogP contribution in [0.15, 0.2) is 51.2 Å². The van der Waals surface area contributed by atoms with Gasteiger partial charge in [0, 0.05) is 23.4 Å². The van der Waals surface area contributed by atoms with E-state index < -0.39 is 6.04 Å². The normalized spacial score (nSPS) is 16.8. The van der Waals surface area contributed by atoms with Crippen LogP contribution in [0.25, 0.3) is 0 Å². The highest BCUT2D eigenvalue weighted by molar-refractivity contribution is 9.10. The second kappa shape index (κ2) is 11.3. The topological polar surface area (TPSA) is 78.3 Å². The van der Waals surface area contributed by atoms with Crippen molar-refractivity contribution in [2.75, 3.05) is 18.2 Å². The van der Waals surface area contributed by atoms with Crippen LogP contribution < -0.4 is 14.8 Å². The maximum Gasteiger partial charge on any atom is 0.227 e. The molecular formula is C26H25BrCl2N4O3S. The number of rotatable bonds is 8. The lowest BCUT2D eigenvalue weighted by Gasteiger charge is -2.32. The van der Waals surface area contributed by atoms with E-state index in [1.54, 1.807) is 31.0 Å². The van der Waals surface area contributed by atoms with Gasteiger partial charge in [0.1, 0.15) is 12.6 Å². The van der Waals surface area contributed by atoms with Gasteiger partial charge in [-0.1, -0.05) is 48.0 Å². The number of aromatic nitrogens is 3. The molecule has 7 nitrogen and oxygen atoms in total. The third-order valence-corrected chi connectivity index (χ3v) is 8.59. The van der Waals surface area contributed by atoms with Gasteiger partial charge in [0.25, 0.3) is 0 Å². The number of hydrogen-bond acceptors (Lipinski definition) is 7. The van der Waals surface area contributed by atoms with Crippen molar-refractivity contribution in [3.63, 3.8) is 0 Å². The van der Waals surface area contributed by atoms with Gasteiger partial charge in [0.15, 0.2) is 17.3 Å². The zero-order valence-electron chi connectivity index (χ0n) is 20.3. The third-order valence-electron chi connectivity index (χ3n) is 6.22. The van der Waals surface area contributed by atoms with E-state index in [-0.39, 0.29) is 12.4 Å². The summed E-state index contributed by atoms with van der Waals surface area (Å²) in [7, 11) is 1.59. The maximum absolute atomic E-state index is 13.2. The summed E-state index contributed by atoms with van der Waals surface area (Å²) in [6, 6.07) is 8.82. The molecular weight excluding hydrogens is 599 g/mol. The standard InChI is InChI=1S/C26H25BrCl2N4O3S/c1-3-9-37-26-31-25-30-19-5-4-6-20(34)22(19)23(33(25)32-26)15-11-16(27)24(21(12-15)35-2)36-13-14-7-8-17(28)18(29)10-14/h7-8,10-12,23H,3-6,9,13H2,1-2H3,(H,30,31,32). The van der Waals surface area contributed by atoms with Crippen LogP contribution in [0.5, 0.6) is 11.5 Å². The third kappa shape index (κ3) is 5.37. The second-order valence-corrected chi connectivity index (χ2v) is 11.5. The first kappa shape index (κ1) is 26.4. The van der Waals surface area contributed by atoms with Gasteiger partial charge >= 0.3 is 0 Å². The number of Topliss-reactive ketones (excluding diaryl/α,β-unsaturated/α-hetero) is 1. The molecule has 0 saturated heterocycles. The van der Waals surface area contributed by atoms with Gasteiger partial charge in [-0.05, 0) is 70.6 Å². The van der Waals surface area contributed by atoms with Crippen molar-refractivity contribution in [3.05, 3.63) is 67.2 Å². The van der Waals surface area contributed by atoms with Crippen LogP contribution in [0.2, 0.25) is 10.0 Å². The predicted octanol–water partition coefficient (Wildman–Crippen LogP) is 7.46. The van der Waals surface area contributed by atoms with E-state index in [1.165, 1.54) is 0 Å². The Balaban J connectivity index is 1.53. The Bertz CT molecular complexity index is 1390. The Morgan fingerprint density at radius 3 is 2.81 bits per heavy atom. The number of ether oxygens (including phenoxy) is 2. The van der Waals surface area contributed by atoms with Crippen molar-refractivity contribution in [3.8, 4) is 11.5 Å². The first-order valence-electron chi connectivity index (χ1n) is 12.0. The lowest BCUT2D eigenvalue weighted by molar-refractivity contribution is -0.116. The van der Waals surface area contributed by atoms with Gasteiger partial charge in [-0.15, -0.1) is 5.10 Å². The number of thioether (sulfide) groups is 1. The number of benzene rings is 2. The molecule has 37 heavy (non-hydrogen) atoms. The average molecular weight is 624 g/mol. The fourth-order valence-corrected chi connectivity index (χ4v) is 6.10.